The van der Waals surface area contributed by atoms with E-state index >= 15 is 0 Å². The maximum absolute atomic E-state index is 11.4. The van der Waals surface area contributed by atoms with Gasteiger partial charge < -0.3 is 10.6 Å². The van der Waals surface area contributed by atoms with Gasteiger partial charge in [0.1, 0.15) is 0 Å². The molecule has 3 atom stereocenters. The van der Waals surface area contributed by atoms with Crippen LogP contribution in [-0.2, 0) is 4.79 Å². The number of fused-ring (bicyclic) bond motifs is 1. The second-order valence-corrected chi connectivity index (χ2v) is 3.63. The van der Waals surface area contributed by atoms with Gasteiger partial charge in [0.05, 0.1) is 0 Å². The van der Waals surface area contributed by atoms with Crippen LogP contribution in [0, 0.1) is 5.92 Å². The van der Waals surface area contributed by atoms with Gasteiger partial charge in [-0.05, 0) is 25.3 Å². The lowest BCUT2D eigenvalue weighted by atomic mass is 9.81. The van der Waals surface area contributed by atoms with Crippen molar-refractivity contribution in [2.45, 2.75) is 25.4 Å². The Hall–Kier alpha value is -0.830. The molecule has 3 aliphatic rings. The van der Waals surface area contributed by atoms with E-state index in [9.17, 15) is 4.79 Å². The first kappa shape index (κ1) is 7.80. The topological polar surface area (TPSA) is 46.3 Å². The molecule has 3 rings (SSSR count). The Morgan fingerprint density at radius 3 is 2.83 bits per heavy atom. The summed E-state index contributed by atoms with van der Waals surface area (Å²) in [5.74, 6) is 0.696. The molecule has 2 N–H and O–H groups in total. The molecular formula is C9H14N2O. The fraction of sp³-hybridized carbons (Fsp3) is 0.667. The first-order valence-corrected chi connectivity index (χ1v) is 4.43. The van der Waals surface area contributed by atoms with Crippen molar-refractivity contribution >= 4 is 5.91 Å². The van der Waals surface area contributed by atoms with Crippen LogP contribution in [0.2, 0.25) is 0 Å². The van der Waals surface area contributed by atoms with Gasteiger partial charge in [0.2, 0.25) is 5.91 Å². The Labute approximate surface area is 72.2 Å². The van der Waals surface area contributed by atoms with Crippen molar-refractivity contribution < 1.29 is 4.79 Å². The summed E-state index contributed by atoms with van der Waals surface area (Å²) in [5.41, 5.74) is 5.83. The maximum Gasteiger partial charge on any atom is 0.246 e. The molecule has 0 aromatic rings. The first-order chi connectivity index (χ1) is 5.74. The van der Waals surface area contributed by atoms with Gasteiger partial charge in [0, 0.05) is 18.6 Å². The van der Waals surface area contributed by atoms with Gasteiger partial charge in [-0.2, -0.15) is 0 Å². The normalized spacial score (nSPS) is 38.8. The number of rotatable bonds is 1. The molecule has 12 heavy (non-hydrogen) atoms. The van der Waals surface area contributed by atoms with Gasteiger partial charge in [-0.1, -0.05) is 6.08 Å². The van der Waals surface area contributed by atoms with Crippen molar-refractivity contribution in [2.24, 2.45) is 11.7 Å². The number of amides is 1. The molecule has 2 saturated heterocycles. The third kappa shape index (κ3) is 0.894. The molecule has 1 aliphatic carbocycles. The minimum absolute atomic E-state index is 0.123. The number of carbonyl (C=O) groups excluding carboxylic acids is 1. The Bertz CT molecular complexity index is 237. The molecule has 0 radical (unpaired) electrons. The molecule has 66 valence electrons. The van der Waals surface area contributed by atoms with Crippen LogP contribution in [0.1, 0.15) is 13.3 Å². The van der Waals surface area contributed by atoms with Crippen LogP contribution in [0.25, 0.3) is 0 Å². The summed E-state index contributed by atoms with van der Waals surface area (Å²) in [7, 11) is 0. The molecule has 3 unspecified atom stereocenters. The summed E-state index contributed by atoms with van der Waals surface area (Å²) in [6.45, 7) is 2.73. The predicted octanol–water partition coefficient (Wildman–Crippen LogP) is 0.121. The molecule has 3 heteroatoms. The van der Waals surface area contributed by atoms with E-state index in [1.807, 2.05) is 11.8 Å². The van der Waals surface area contributed by atoms with E-state index in [1.54, 1.807) is 12.2 Å². The minimum atomic E-state index is 0.123. The number of hydrogen-bond acceptors (Lipinski definition) is 2. The summed E-state index contributed by atoms with van der Waals surface area (Å²) in [4.78, 5) is 13.3. The Morgan fingerprint density at radius 1 is 1.67 bits per heavy atom. The summed E-state index contributed by atoms with van der Waals surface area (Å²) < 4.78 is 0. The van der Waals surface area contributed by atoms with E-state index in [-0.39, 0.29) is 11.9 Å². The lowest BCUT2D eigenvalue weighted by Gasteiger charge is -2.32. The standard InChI is InChI=1S/C9H14N2O/c1-2-3-8(12)11-5-6-4-7(11)9(6)10/h2-3,6-7,9H,4-5,10H2,1H3/b3-2+. The lowest BCUT2D eigenvalue weighted by molar-refractivity contribution is -0.126. The third-order valence-electron chi connectivity index (χ3n) is 2.96. The van der Waals surface area contributed by atoms with Crippen molar-refractivity contribution in [1.82, 2.24) is 4.90 Å². The molecule has 0 aromatic carbocycles. The van der Waals surface area contributed by atoms with Crippen LogP contribution >= 0.6 is 0 Å². The highest BCUT2D eigenvalue weighted by Gasteiger charge is 2.51. The zero-order chi connectivity index (χ0) is 8.72. The minimum Gasteiger partial charge on any atom is -0.334 e. The maximum atomic E-state index is 11.4. The average molecular weight is 166 g/mol. The molecule has 2 bridgehead atoms. The largest absolute Gasteiger partial charge is 0.334 e. The van der Waals surface area contributed by atoms with Gasteiger partial charge in [0.25, 0.3) is 0 Å². The summed E-state index contributed by atoms with van der Waals surface area (Å²) in [5, 5.41) is 0. The van der Waals surface area contributed by atoms with Crippen molar-refractivity contribution in [1.29, 1.82) is 0 Å². The van der Waals surface area contributed by atoms with Crippen molar-refractivity contribution in [2.75, 3.05) is 6.54 Å². The average Bonchev–Trinajstić information content (AvgIpc) is 2.60. The molecule has 2 heterocycles. The molecule has 1 amide bonds. The van der Waals surface area contributed by atoms with E-state index in [2.05, 4.69) is 0 Å². The highest BCUT2D eigenvalue weighted by molar-refractivity contribution is 5.88. The number of hydrogen-bond donors (Lipinski definition) is 1. The van der Waals surface area contributed by atoms with Crippen LogP contribution in [0.3, 0.4) is 0 Å². The Kier molecular flexibility index (Phi) is 1.68. The van der Waals surface area contributed by atoms with Crippen molar-refractivity contribution in [3.8, 4) is 0 Å². The van der Waals surface area contributed by atoms with Crippen LogP contribution in [0.4, 0.5) is 0 Å². The smallest absolute Gasteiger partial charge is 0.246 e. The van der Waals surface area contributed by atoms with Gasteiger partial charge in [-0.15, -0.1) is 0 Å². The Balaban J connectivity index is 2.03. The number of nitrogens with two attached hydrogens (primary N) is 1. The van der Waals surface area contributed by atoms with Gasteiger partial charge in [-0.3, -0.25) is 4.79 Å². The van der Waals surface area contributed by atoms with Crippen LogP contribution < -0.4 is 5.73 Å². The fourth-order valence-electron chi connectivity index (χ4n) is 2.15. The van der Waals surface area contributed by atoms with Gasteiger partial charge in [-0.25, -0.2) is 0 Å². The van der Waals surface area contributed by atoms with E-state index < -0.39 is 0 Å². The molecular weight excluding hydrogens is 152 g/mol. The van der Waals surface area contributed by atoms with Crippen molar-refractivity contribution in [3.05, 3.63) is 12.2 Å². The molecule has 2 aliphatic heterocycles. The van der Waals surface area contributed by atoms with E-state index in [0.29, 0.717) is 12.0 Å². The molecule has 3 nitrogen and oxygen atoms in total. The Morgan fingerprint density at radius 2 is 2.42 bits per heavy atom. The van der Waals surface area contributed by atoms with Gasteiger partial charge in [0.15, 0.2) is 0 Å². The van der Waals surface area contributed by atoms with Crippen LogP contribution in [-0.4, -0.2) is 29.4 Å². The van der Waals surface area contributed by atoms with Gasteiger partial charge >= 0.3 is 0 Å². The quantitative estimate of drug-likeness (QED) is 0.562. The van der Waals surface area contributed by atoms with Crippen LogP contribution in [0.5, 0.6) is 0 Å². The monoisotopic (exact) mass is 166 g/mol. The highest BCUT2D eigenvalue weighted by atomic mass is 16.2. The number of carbonyl (C=O) groups is 1. The summed E-state index contributed by atoms with van der Waals surface area (Å²) in [6.07, 6.45) is 4.52. The zero-order valence-corrected chi connectivity index (χ0v) is 7.23. The van der Waals surface area contributed by atoms with Crippen molar-refractivity contribution in [3.63, 3.8) is 0 Å². The lowest BCUT2D eigenvalue weighted by Crippen LogP contribution is -2.50. The first-order valence-electron chi connectivity index (χ1n) is 4.43. The highest BCUT2D eigenvalue weighted by Crippen LogP contribution is 2.39. The number of nitrogens with zero attached hydrogens (tertiary/aromatic N) is 1. The van der Waals surface area contributed by atoms with E-state index in [4.69, 9.17) is 5.73 Å². The van der Waals surface area contributed by atoms with Crippen LogP contribution in [0.15, 0.2) is 12.2 Å². The molecule has 0 aromatic heterocycles. The third-order valence-corrected chi connectivity index (χ3v) is 2.96. The molecule has 3 fully saturated rings. The second-order valence-electron chi connectivity index (χ2n) is 3.63. The fourth-order valence-corrected chi connectivity index (χ4v) is 2.15. The summed E-state index contributed by atoms with van der Waals surface area (Å²) >= 11 is 0. The zero-order valence-electron chi connectivity index (χ0n) is 7.23. The summed E-state index contributed by atoms with van der Waals surface area (Å²) in [6, 6.07) is 0.581. The number of allylic oxidation sites excluding steroid dienone is 1. The SMILES string of the molecule is C/C=C/C(=O)N1CC2CC1C2N. The second kappa shape index (κ2) is 2.59. The van der Waals surface area contributed by atoms with E-state index in [0.717, 1.165) is 13.0 Å². The predicted molar refractivity (Wildman–Crippen MR) is 46.4 cm³/mol. The van der Waals surface area contributed by atoms with E-state index in [1.165, 1.54) is 0 Å². The molecule has 1 saturated carbocycles. The molecule has 0 spiro atoms.